The summed E-state index contributed by atoms with van der Waals surface area (Å²) in [6.45, 7) is 3.71. The van der Waals surface area contributed by atoms with E-state index in [1.165, 1.54) is 0 Å². The van der Waals surface area contributed by atoms with Gasteiger partial charge in [0.15, 0.2) is 7.14 Å². The van der Waals surface area contributed by atoms with Gasteiger partial charge in [-0.25, -0.2) is 8.42 Å². The third kappa shape index (κ3) is 8.11. The molecule has 0 atom stereocenters. The van der Waals surface area contributed by atoms with E-state index >= 15 is 0 Å². The lowest BCUT2D eigenvalue weighted by Gasteiger charge is -2.00. The molecule has 0 aliphatic rings. The summed E-state index contributed by atoms with van der Waals surface area (Å²) in [7, 11) is -4.92. The molecule has 0 fully saturated rings. The maximum atomic E-state index is 11.4. The molecule has 10 heteroatoms. The van der Waals surface area contributed by atoms with Crippen LogP contribution in [0.4, 0.5) is 0 Å². The fourth-order valence-electron chi connectivity index (χ4n) is 1.86. The summed E-state index contributed by atoms with van der Waals surface area (Å²) in [6.07, 6.45) is 0. The van der Waals surface area contributed by atoms with Crippen molar-refractivity contribution in [2.75, 3.05) is 0 Å². The number of carbonyl (C=O) groups excluding carboxylic acids is 2. The van der Waals surface area contributed by atoms with E-state index in [-0.39, 0.29) is 0 Å². The summed E-state index contributed by atoms with van der Waals surface area (Å²) in [6, 6.07) is 11.4. The Morgan fingerprint density at radius 1 is 0.923 bits per heavy atom. The van der Waals surface area contributed by atoms with Gasteiger partial charge in [0.2, 0.25) is 10.4 Å². The smallest absolute Gasteiger partial charge is 0.357 e. The minimum absolute atomic E-state index is 0.445. The quantitative estimate of drug-likeness (QED) is 0.261. The van der Waals surface area contributed by atoms with Gasteiger partial charge >= 0.3 is 21.2 Å². The van der Waals surface area contributed by atoms with Gasteiger partial charge in [-0.05, 0) is 60.3 Å². The average Bonchev–Trinajstić information content (AvgIpc) is 2.49. The molecule has 0 radical (unpaired) electrons. The Morgan fingerprint density at radius 2 is 1.23 bits per heavy atom. The molecular weight excluding hydrogens is 518 g/mol. The number of rotatable bonds is 4. The van der Waals surface area contributed by atoms with Crippen molar-refractivity contribution >= 4 is 44.1 Å². The molecule has 0 aliphatic heterocycles. The molecule has 0 aliphatic carbocycles. The Hall–Kier alpha value is -1.04. The van der Waals surface area contributed by atoms with Crippen molar-refractivity contribution in [3.05, 3.63) is 65.8 Å². The first kappa shape index (κ1) is 23.0. The number of carbonyl (C=O) groups is 2. The molecule has 0 spiro atoms. The molecule has 2 aromatic rings. The van der Waals surface area contributed by atoms with E-state index < -0.39 is 42.1 Å². The highest BCUT2D eigenvalue weighted by atomic mass is 127. The largest absolute Gasteiger partial charge is 0.726 e. The fourth-order valence-corrected chi connectivity index (χ4v) is 4.64. The van der Waals surface area contributed by atoms with Crippen LogP contribution in [0, 0.1) is 21.0 Å². The summed E-state index contributed by atoms with van der Waals surface area (Å²) in [5.74, 6) is 0. The second kappa shape index (κ2) is 9.77. The molecule has 0 bridgehead atoms. The van der Waals surface area contributed by atoms with Crippen molar-refractivity contribution in [1.29, 1.82) is 0 Å². The van der Waals surface area contributed by atoms with Crippen LogP contribution in [-0.2, 0) is 10.4 Å². The SMILES string of the molecule is Cc1ccc([I+]c2ccc(C)c(C(=O)Cl)c2)cc1C(=O)Cl.O=S(=O)([O-])O. The van der Waals surface area contributed by atoms with Gasteiger partial charge in [0.05, 0.1) is 0 Å². The van der Waals surface area contributed by atoms with E-state index in [1.807, 2.05) is 50.2 Å². The first-order valence-electron chi connectivity index (χ1n) is 6.82. The van der Waals surface area contributed by atoms with Crippen LogP contribution in [0.2, 0.25) is 0 Å². The van der Waals surface area contributed by atoms with Gasteiger partial charge in [-0.15, -0.1) is 0 Å². The summed E-state index contributed by atoms with van der Waals surface area (Å²) >= 11 is 10.7. The van der Waals surface area contributed by atoms with Gasteiger partial charge in [0.1, 0.15) is 0 Å². The Kier molecular flexibility index (Phi) is 8.64. The summed E-state index contributed by atoms with van der Waals surface area (Å²) in [4.78, 5) is 22.7. The van der Waals surface area contributed by atoms with E-state index in [1.54, 1.807) is 0 Å². The standard InChI is InChI=1S/C16H12Cl2IO2.H2O4S/c1-9-3-5-11(7-13(9)15(17)20)19-12-6-4-10(2)14(8-12)16(18)21;1-5(2,3)4/h3-8H,1-2H3;(H2,1,2,3,4)/q+1;/p-1. The lowest BCUT2D eigenvalue weighted by Crippen LogP contribution is -3.61. The zero-order valence-corrected chi connectivity index (χ0v) is 18.0. The van der Waals surface area contributed by atoms with Crippen molar-refractivity contribution in [3.63, 3.8) is 0 Å². The van der Waals surface area contributed by atoms with Crippen molar-refractivity contribution in [3.8, 4) is 0 Å². The van der Waals surface area contributed by atoms with Crippen LogP contribution >= 0.6 is 23.2 Å². The van der Waals surface area contributed by atoms with Gasteiger partial charge in [0.25, 0.3) is 10.5 Å². The van der Waals surface area contributed by atoms with Crippen molar-refractivity contribution in [2.45, 2.75) is 13.8 Å². The Morgan fingerprint density at radius 3 is 1.50 bits per heavy atom. The minimum Gasteiger partial charge on any atom is -0.726 e. The lowest BCUT2D eigenvalue weighted by molar-refractivity contribution is -0.597. The second-order valence-corrected chi connectivity index (χ2v) is 9.56. The molecule has 0 saturated heterocycles. The average molecular weight is 531 g/mol. The summed E-state index contributed by atoms with van der Waals surface area (Å²) in [5.41, 5.74) is 2.80. The van der Waals surface area contributed by atoms with Crippen LogP contribution in [0.25, 0.3) is 0 Å². The van der Waals surface area contributed by atoms with E-state index in [2.05, 4.69) is 0 Å². The number of hydrogen-bond donors (Lipinski definition) is 1. The van der Waals surface area contributed by atoms with Gasteiger partial charge in [0, 0.05) is 23.3 Å². The molecule has 2 aromatic carbocycles. The predicted molar refractivity (Wildman–Crippen MR) is 92.4 cm³/mol. The minimum atomic E-state index is -4.92. The van der Waals surface area contributed by atoms with Crippen molar-refractivity contribution < 1.29 is 48.3 Å². The van der Waals surface area contributed by atoms with Crippen LogP contribution in [0.1, 0.15) is 31.8 Å². The van der Waals surface area contributed by atoms with Gasteiger partial charge < -0.3 is 4.55 Å². The molecule has 0 heterocycles. The van der Waals surface area contributed by atoms with Crippen molar-refractivity contribution in [1.82, 2.24) is 0 Å². The molecule has 140 valence electrons. The first-order chi connectivity index (χ1) is 11.9. The number of hydrogen-bond acceptors (Lipinski definition) is 5. The molecule has 0 aromatic heterocycles. The van der Waals surface area contributed by atoms with Crippen LogP contribution < -0.4 is 21.2 Å². The Balaban J connectivity index is 0.000000597. The van der Waals surface area contributed by atoms with Crippen LogP contribution in [0.3, 0.4) is 0 Å². The maximum Gasteiger partial charge on any atom is 0.357 e. The number of halogens is 3. The molecule has 0 unspecified atom stereocenters. The van der Waals surface area contributed by atoms with E-state index in [9.17, 15) is 9.59 Å². The maximum absolute atomic E-state index is 11.4. The normalized spacial score (nSPS) is 10.7. The third-order valence-corrected chi connectivity index (χ3v) is 6.04. The zero-order chi connectivity index (χ0) is 20.1. The zero-order valence-electron chi connectivity index (χ0n) is 13.5. The summed E-state index contributed by atoms with van der Waals surface area (Å²) in [5, 5.41) is -0.891. The van der Waals surface area contributed by atoms with Gasteiger partial charge in [-0.3, -0.25) is 14.1 Å². The fraction of sp³-hybridized carbons (Fsp3) is 0.125. The highest BCUT2D eigenvalue weighted by Crippen LogP contribution is 2.11. The van der Waals surface area contributed by atoms with E-state index in [0.717, 1.165) is 18.3 Å². The number of benzene rings is 2. The summed E-state index contributed by atoms with van der Waals surface area (Å²) < 4.78 is 35.0. The monoisotopic (exact) mass is 530 g/mol. The molecule has 2 rings (SSSR count). The van der Waals surface area contributed by atoms with Gasteiger partial charge in [-0.1, -0.05) is 12.1 Å². The molecule has 26 heavy (non-hydrogen) atoms. The first-order valence-corrected chi connectivity index (χ1v) is 11.1. The predicted octanol–water partition coefficient (Wildman–Crippen LogP) is 0.194. The Bertz CT molecular complexity index is 874. The van der Waals surface area contributed by atoms with Crippen LogP contribution in [0.5, 0.6) is 0 Å². The van der Waals surface area contributed by atoms with E-state index in [0.29, 0.717) is 11.1 Å². The lowest BCUT2D eigenvalue weighted by atomic mass is 10.1. The highest BCUT2D eigenvalue weighted by molar-refractivity contribution is 7.79. The van der Waals surface area contributed by atoms with Gasteiger partial charge in [-0.2, -0.15) is 0 Å². The third-order valence-electron chi connectivity index (χ3n) is 3.04. The topological polar surface area (TPSA) is 112 Å². The van der Waals surface area contributed by atoms with E-state index in [4.69, 9.17) is 40.7 Å². The van der Waals surface area contributed by atoms with Crippen molar-refractivity contribution in [2.24, 2.45) is 0 Å². The Labute approximate surface area is 171 Å². The molecular formula is C16H13Cl2IO6S. The number of aryl methyl sites for hydroxylation is 2. The highest BCUT2D eigenvalue weighted by Gasteiger charge is 2.20. The molecule has 1 N–H and O–H groups in total. The molecule has 0 saturated carbocycles. The van der Waals surface area contributed by atoms with Crippen LogP contribution in [0.15, 0.2) is 36.4 Å². The second-order valence-electron chi connectivity index (χ2n) is 4.99. The van der Waals surface area contributed by atoms with Crippen LogP contribution in [-0.4, -0.2) is 28.0 Å². The molecule has 6 nitrogen and oxygen atoms in total. The molecule has 0 amide bonds.